The molecule has 2 aliphatic rings. The highest BCUT2D eigenvalue weighted by molar-refractivity contribution is 6.30. The Hall–Kier alpha value is -4.35. The Kier molecular flexibility index (Phi) is 9.55. The van der Waals surface area contributed by atoms with Crippen LogP contribution in [-0.2, 0) is 16.1 Å². The van der Waals surface area contributed by atoms with Gasteiger partial charge in [0, 0.05) is 38.0 Å². The van der Waals surface area contributed by atoms with E-state index in [9.17, 15) is 19.2 Å². The van der Waals surface area contributed by atoms with Crippen LogP contribution in [0.2, 0.25) is 5.02 Å². The van der Waals surface area contributed by atoms with Crippen molar-refractivity contribution in [3.63, 3.8) is 0 Å². The normalized spacial score (nSPS) is 19.2. The van der Waals surface area contributed by atoms with Gasteiger partial charge in [0.2, 0.25) is 5.91 Å². The minimum absolute atomic E-state index is 0.0785. The molecule has 5 rings (SSSR count). The van der Waals surface area contributed by atoms with E-state index in [4.69, 9.17) is 25.8 Å². The molecular formula is C32H35ClN4O7. The van der Waals surface area contributed by atoms with Gasteiger partial charge in [-0.2, -0.15) is 0 Å². The minimum atomic E-state index is -0.554. The third-order valence-corrected chi connectivity index (χ3v) is 7.61. The zero-order chi connectivity index (χ0) is 31.4. The highest BCUT2D eigenvalue weighted by Crippen LogP contribution is 2.30. The van der Waals surface area contributed by atoms with Crippen LogP contribution in [0.15, 0.2) is 59.5 Å². The molecule has 1 aromatic heterocycles. The van der Waals surface area contributed by atoms with Crippen molar-refractivity contribution in [2.75, 3.05) is 33.3 Å². The first-order chi connectivity index (χ1) is 21.0. The molecule has 11 nitrogen and oxygen atoms in total. The van der Waals surface area contributed by atoms with Gasteiger partial charge >= 0.3 is 0 Å². The number of hydrogen-bond donors (Lipinski definition) is 2. The van der Waals surface area contributed by atoms with Crippen LogP contribution < -0.4 is 20.3 Å². The van der Waals surface area contributed by atoms with E-state index in [-0.39, 0.29) is 53.9 Å². The van der Waals surface area contributed by atoms with E-state index in [0.29, 0.717) is 42.4 Å². The molecule has 3 heterocycles. The largest absolute Gasteiger partial charge is 0.493 e. The fourth-order valence-corrected chi connectivity index (χ4v) is 5.27. The summed E-state index contributed by atoms with van der Waals surface area (Å²) in [5, 5.41) is 2.93. The van der Waals surface area contributed by atoms with Crippen molar-refractivity contribution in [2.24, 2.45) is 5.92 Å². The predicted octanol–water partition coefficient (Wildman–Crippen LogP) is 3.86. The summed E-state index contributed by atoms with van der Waals surface area (Å²) >= 11 is 5.95. The summed E-state index contributed by atoms with van der Waals surface area (Å²) in [6.45, 7) is 5.07. The predicted molar refractivity (Wildman–Crippen MR) is 163 cm³/mol. The zero-order valence-electron chi connectivity index (χ0n) is 24.8. The second kappa shape index (κ2) is 13.5. The molecule has 2 aliphatic heterocycles. The highest BCUT2D eigenvalue weighted by Gasteiger charge is 2.34. The van der Waals surface area contributed by atoms with E-state index in [1.165, 1.54) is 17.2 Å². The summed E-state index contributed by atoms with van der Waals surface area (Å²) in [5.74, 6) is 0.697. The average molecular weight is 623 g/mol. The number of rotatable bonds is 4. The Balaban J connectivity index is 1.41. The highest BCUT2D eigenvalue weighted by atomic mass is 35.5. The van der Waals surface area contributed by atoms with Crippen molar-refractivity contribution in [3.8, 4) is 17.2 Å². The van der Waals surface area contributed by atoms with Gasteiger partial charge in [0.1, 0.15) is 22.3 Å². The molecule has 3 amide bonds. The molecule has 3 aromatic rings. The van der Waals surface area contributed by atoms with Gasteiger partial charge in [0.15, 0.2) is 0 Å². The lowest BCUT2D eigenvalue weighted by atomic mass is 10.0. The first-order valence-electron chi connectivity index (χ1n) is 14.4. The number of nitrogens with zero attached hydrogens (tertiary/aromatic N) is 2. The fraction of sp³-hybridized carbons (Fsp3) is 0.375. The summed E-state index contributed by atoms with van der Waals surface area (Å²) in [6.07, 6.45) is 1.19. The van der Waals surface area contributed by atoms with Gasteiger partial charge in [-0.3, -0.25) is 19.2 Å². The van der Waals surface area contributed by atoms with Crippen molar-refractivity contribution in [1.29, 1.82) is 0 Å². The molecule has 2 aromatic carbocycles. The van der Waals surface area contributed by atoms with Gasteiger partial charge in [-0.15, -0.1) is 0 Å². The van der Waals surface area contributed by atoms with E-state index in [1.54, 1.807) is 36.2 Å². The summed E-state index contributed by atoms with van der Waals surface area (Å²) in [4.78, 5) is 56.9. The van der Waals surface area contributed by atoms with Gasteiger partial charge in [-0.25, -0.2) is 0 Å². The topological polar surface area (TPSA) is 130 Å². The molecule has 0 unspecified atom stereocenters. The van der Waals surface area contributed by atoms with Crippen LogP contribution in [0.25, 0.3) is 0 Å². The molecule has 12 heteroatoms. The number of ether oxygens (including phenoxy) is 3. The van der Waals surface area contributed by atoms with Crippen LogP contribution in [0, 0.1) is 5.92 Å². The molecular weight excluding hydrogens is 588 g/mol. The van der Waals surface area contributed by atoms with Crippen LogP contribution in [0.3, 0.4) is 0 Å². The number of hydrogen-bond acceptors (Lipinski definition) is 7. The number of amides is 3. The van der Waals surface area contributed by atoms with Crippen LogP contribution in [-0.4, -0.2) is 77.9 Å². The third kappa shape index (κ3) is 7.59. The molecule has 44 heavy (non-hydrogen) atoms. The molecule has 232 valence electrons. The number of likely N-dealkylation sites (tertiary alicyclic amines) is 1. The van der Waals surface area contributed by atoms with Crippen molar-refractivity contribution < 1.29 is 28.6 Å². The monoisotopic (exact) mass is 622 g/mol. The molecule has 2 N–H and O–H groups in total. The molecule has 2 atom stereocenters. The maximum absolute atomic E-state index is 13.4. The van der Waals surface area contributed by atoms with E-state index in [0.717, 1.165) is 5.56 Å². The maximum Gasteiger partial charge on any atom is 0.266 e. The zero-order valence-corrected chi connectivity index (χ0v) is 25.6. The van der Waals surface area contributed by atoms with Crippen LogP contribution in [0.1, 0.15) is 46.5 Å². The standard InChI is InChI=1S/C32H35ClN4O7/c1-19(2)17-42-24-10-21-11-25(13-24)44-23-6-4-5-20(9-23)18-43-28-15-37(32(41)22-12-26(33)30(39)34-14-22)8-7-27(28)35-29(38)16-36(3)31(21)40/h4-6,9-14,19,27-28H,7-8,15-18H2,1-3H3,(H,34,39)(H,35,38)/t27-,28-/m0/s1. The Bertz CT molecular complexity index is 1610. The number of nitrogens with one attached hydrogen (secondary N) is 2. The summed E-state index contributed by atoms with van der Waals surface area (Å²) in [7, 11) is 1.56. The SMILES string of the molecule is CC(C)COc1cc2cc(c1)C(=O)N(C)CC(=O)N[C@H]1CCN(C(=O)c3c[nH]c(=O)c(Cl)c3)C[C@@H]1OCc1cccc(c1)O2. The Morgan fingerprint density at radius 2 is 1.93 bits per heavy atom. The third-order valence-electron chi connectivity index (χ3n) is 7.33. The quantitative estimate of drug-likeness (QED) is 0.452. The lowest BCUT2D eigenvalue weighted by Crippen LogP contribution is -2.57. The van der Waals surface area contributed by atoms with Crippen LogP contribution in [0.5, 0.6) is 17.2 Å². The van der Waals surface area contributed by atoms with Crippen molar-refractivity contribution in [3.05, 3.63) is 86.8 Å². The lowest BCUT2D eigenvalue weighted by molar-refractivity contribution is -0.124. The van der Waals surface area contributed by atoms with E-state index >= 15 is 0 Å². The number of carbonyl (C=O) groups excluding carboxylic acids is 3. The second-order valence-corrected chi connectivity index (χ2v) is 11.8. The number of benzene rings is 2. The Morgan fingerprint density at radius 1 is 1.11 bits per heavy atom. The molecule has 4 bridgehead atoms. The number of aromatic amines is 1. The van der Waals surface area contributed by atoms with E-state index in [2.05, 4.69) is 10.3 Å². The number of piperidine rings is 1. The average Bonchev–Trinajstić information content (AvgIpc) is 2.99. The first kappa shape index (κ1) is 31.1. The second-order valence-electron chi connectivity index (χ2n) is 11.4. The van der Waals surface area contributed by atoms with Crippen molar-refractivity contribution in [1.82, 2.24) is 20.1 Å². The first-order valence-corrected chi connectivity index (χ1v) is 14.8. The Morgan fingerprint density at radius 3 is 2.70 bits per heavy atom. The van der Waals surface area contributed by atoms with Gasteiger partial charge in [-0.1, -0.05) is 37.6 Å². The minimum Gasteiger partial charge on any atom is -0.493 e. The van der Waals surface area contributed by atoms with Crippen LogP contribution in [0.4, 0.5) is 0 Å². The number of likely N-dealkylation sites (N-methyl/N-ethyl adjacent to an activating group) is 1. The van der Waals surface area contributed by atoms with Gasteiger partial charge in [0.05, 0.1) is 37.5 Å². The smallest absolute Gasteiger partial charge is 0.266 e. The maximum atomic E-state index is 13.4. The van der Waals surface area contributed by atoms with Gasteiger partial charge in [0.25, 0.3) is 17.4 Å². The number of pyridine rings is 1. The van der Waals surface area contributed by atoms with Crippen molar-refractivity contribution in [2.45, 2.75) is 39.0 Å². The molecule has 0 radical (unpaired) electrons. The summed E-state index contributed by atoms with van der Waals surface area (Å²) in [6, 6.07) is 13.3. The fourth-order valence-electron chi connectivity index (χ4n) is 5.10. The summed E-state index contributed by atoms with van der Waals surface area (Å²) in [5.41, 5.74) is 0.914. The number of fused-ring (bicyclic) bond motifs is 5. The van der Waals surface area contributed by atoms with Crippen LogP contribution >= 0.6 is 11.6 Å². The number of H-pyrrole nitrogens is 1. The van der Waals surface area contributed by atoms with E-state index < -0.39 is 17.7 Å². The Labute approximate surface area is 260 Å². The molecule has 0 aliphatic carbocycles. The number of aromatic nitrogens is 1. The van der Waals surface area contributed by atoms with Gasteiger partial charge in [-0.05, 0) is 48.2 Å². The molecule has 0 spiro atoms. The van der Waals surface area contributed by atoms with Gasteiger partial charge < -0.3 is 34.3 Å². The molecule has 1 fully saturated rings. The van der Waals surface area contributed by atoms with Crippen molar-refractivity contribution >= 4 is 29.3 Å². The molecule has 1 saturated heterocycles. The molecule has 0 saturated carbocycles. The van der Waals surface area contributed by atoms with E-state index in [1.807, 2.05) is 32.0 Å². The number of halogens is 1. The summed E-state index contributed by atoms with van der Waals surface area (Å²) < 4.78 is 18.4. The number of carbonyl (C=O) groups is 3. The lowest BCUT2D eigenvalue weighted by Gasteiger charge is -2.39.